The van der Waals surface area contributed by atoms with Crippen LogP contribution in [0, 0.1) is 0 Å². The number of rotatable bonds is 2. The Morgan fingerprint density at radius 2 is 2.00 bits per heavy atom. The van der Waals surface area contributed by atoms with Crippen LogP contribution in [0.5, 0.6) is 5.75 Å². The van der Waals surface area contributed by atoms with Gasteiger partial charge in [-0.2, -0.15) is 0 Å². The predicted molar refractivity (Wildman–Crippen MR) is 66.4 cm³/mol. The minimum absolute atomic E-state index is 0.403. The molecule has 1 N–H and O–H groups in total. The van der Waals surface area contributed by atoms with Crippen LogP contribution in [0.3, 0.4) is 0 Å². The van der Waals surface area contributed by atoms with Gasteiger partial charge in [0, 0.05) is 18.0 Å². The molecule has 1 aromatic carbocycles. The van der Waals surface area contributed by atoms with Gasteiger partial charge in [0.1, 0.15) is 11.9 Å². The lowest BCUT2D eigenvalue weighted by Crippen LogP contribution is -2.13. The van der Waals surface area contributed by atoms with Gasteiger partial charge in [-0.15, -0.1) is 0 Å². The fourth-order valence-electron chi connectivity index (χ4n) is 2.22. The molecule has 0 saturated carbocycles. The number of aryl methyl sites for hydroxylation is 1. The Kier molecular flexibility index (Phi) is 2.94. The molecule has 1 aliphatic rings. The topological polar surface area (TPSA) is 55.2 Å². The Hall–Kier alpha value is -1.94. The van der Waals surface area contributed by atoms with Gasteiger partial charge in [0.2, 0.25) is 0 Å². The van der Waals surface area contributed by atoms with Crippen LogP contribution < -0.4 is 4.74 Å². The lowest BCUT2D eigenvalue weighted by molar-refractivity contribution is 0.198. The van der Waals surface area contributed by atoms with E-state index in [1.165, 1.54) is 0 Å². The van der Waals surface area contributed by atoms with E-state index in [0.717, 1.165) is 29.7 Å². The Balaban J connectivity index is 2.02. The number of hydrogen-bond donors (Lipinski definition) is 1. The molecule has 1 aromatic heterocycles. The molecule has 4 nitrogen and oxygen atoms in total. The van der Waals surface area contributed by atoms with Crippen molar-refractivity contribution in [3.8, 4) is 5.75 Å². The van der Waals surface area contributed by atoms with Crippen LogP contribution in [-0.2, 0) is 6.42 Å². The van der Waals surface area contributed by atoms with Crippen LogP contribution in [0.4, 0.5) is 0 Å². The maximum absolute atomic E-state index is 10.3. The van der Waals surface area contributed by atoms with E-state index < -0.39 is 6.10 Å². The van der Waals surface area contributed by atoms with Crippen molar-refractivity contribution in [2.75, 3.05) is 6.61 Å². The number of fused-ring (bicyclic) bond motifs is 1. The van der Waals surface area contributed by atoms with Crippen molar-refractivity contribution in [3.63, 3.8) is 0 Å². The zero-order chi connectivity index (χ0) is 12.4. The molecule has 18 heavy (non-hydrogen) atoms. The number of benzene rings is 1. The molecule has 92 valence electrons. The SMILES string of the molecule is OC(c1ncccn1)c1cccc2c1OCCC2. The van der Waals surface area contributed by atoms with E-state index >= 15 is 0 Å². The summed E-state index contributed by atoms with van der Waals surface area (Å²) in [6.45, 7) is 0.701. The predicted octanol–water partition coefficient (Wildman–Crippen LogP) is 1.88. The molecule has 3 rings (SSSR count). The van der Waals surface area contributed by atoms with Crippen molar-refractivity contribution in [1.82, 2.24) is 9.97 Å². The average Bonchev–Trinajstić information content (AvgIpc) is 2.47. The number of para-hydroxylation sites is 1. The molecule has 1 atom stereocenters. The summed E-state index contributed by atoms with van der Waals surface area (Å²) in [4.78, 5) is 8.17. The first kappa shape index (κ1) is 11.2. The molecule has 0 bridgehead atoms. The summed E-state index contributed by atoms with van der Waals surface area (Å²) in [6.07, 6.45) is 4.43. The molecule has 0 spiro atoms. The van der Waals surface area contributed by atoms with Crippen LogP contribution in [-0.4, -0.2) is 21.7 Å². The van der Waals surface area contributed by atoms with Crippen molar-refractivity contribution in [2.24, 2.45) is 0 Å². The fourth-order valence-corrected chi connectivity index (χ4v) is 2.22. The third-order valence-electron chi connectivity index (χ3n) is 3.09. The van der Waals surface area contributed by atoms with Gasteiger partial charge in [-0.1, -0.05) is 18.2 Å². The molecule has 0 radical (unpaired) electrons. The molecular weight excluding hydrogens is 228 g/mol. The van der Waals surface area contributed by atoms with Gasteiger partial charge >= 0.3 is 0 Å². The normalized spacial score (nSPS) is 15.6. The third-order valence-corrected chi connectivity index (χ3v) is 3.09. The average molecular weight is 242 g/mol. The second-order valence-corrected chi connectivity index (χ2v) is 4.30. The summed E-state index contributed by atoms with van der Waals surface area (Å²) < 4.78 is 5.68. The Morgan fingerprint density at radius 3 is 2.83 bits per heavy atom. The van der Waals surface area contributed by atoms with Gasteiger partial charge in [-0.25, -0.2) is 9.97 Å². The maximum atomic E-state index is 10.3. The molecule has 2 aromatic rings. The highest BCUT2D eigenvalue weighted by Crippen LogP contribution is 2.34. The van der Waals surface area contributed by atoms with Crippen LogP contribution in [0.25, 0.3) is 0 Å². The van der Waals surface area contributed by atoms with Gasteiger partial charge in [-0.3, -0.25) is 0 Å². The largest absolute Gasteiger partial charge is 0.493 e. The number of ether oxygens (including phenoxy) is 1. The lowest BCUT2D eigenvalue weighted by Gasteiger charge is -2.22. The summed E-state index contributed by atoms with van der Waals surface area (Å²) in [5.74, 6) is 1.20. The molecule has 0 amide bonds. The number of aromatic nitrogens is 2. The van der Waals surface area contributed by atoms with Crippen molar-refractivity contribution < 1.29 is 9.84 Å². The first-order valence-corrected chi connectivity index (χ1v) is 6.06. The van der Waals surface area contributed by atoms with Crippen molar-refractivity contribution in [1.29, 1.82) is 0 Å². The monoisotopic (exact) mass is 242 g/mol. The maximum Gasteiger partial charge on any atom is 0.161 e. The van der Waals surface area contributed by atoms with Gasteiger partial charge in [-0.05, 0) is 24.5 Å². The third kappa shape index (κ3) is 1.95. The first-order chi connectivity index (χ1) is 8.86. The minimum Gasteiger partial charge on any atom is -0.493 e. The van der Waals surface area contributed by atoms with Crippen molar-refractivity contribution >= 4 is 0 Å². The first-order valence-electron chi connectivity index (χ1n) is 6.06. The molecular formula is C14H14N2O2. The number of hydrogen-bond acceptors (Lipinski definition) is 4. The summed E-state index contributed by atoms with van der Waals surface area (Å²) in [6, 6.07) is 7.57. The second-order valence-electron chi connectivity index (χ2n) is 4.30. The number of aliphatic hydroxyl groups excluding tert-OH is 1. The zero-order valence-electron chi connectivity index (χ0n) is 9.91. The van der Waals surface area contributed by atoms with E-state index in [1.54, 1.807) is 18.5 Å². The standard InChI is InChI=1S/C14H14N2O2/c17-12(14-15-7-3-8-16-14)11-6-1-4-10-5-2-9-18-13(10)11/h1,3-4,6-8,12,17H,2,5,9H2. The van der Waals surface area contributed by atoms with E-state index in [9.17, 15) is 5.11 Å². The van der Waals surface area contributed by atoms with E-state index in [1.807, 2.05) is 18.2 Å². The van der Waals surface area contributed by atoms with E-state index in [-0.39, 0.29) is 0 Å². The van der Waals surface area contributed by atoms with Crippen molar-refractivity contribution in [3.05, 3.63) is 53.6 Å². The highest BCUT2D eigenvalue weighted by atomic mass is 16.5. The summed E-state index contributed by atoms with van der Waals surface area (Å²) in [7, 11) is 0. The van der Waals surface area contributed by atoms with Gasteiger partial charge in [0.05, 0.1) is 6.61 Å². The van der Waals surface area contributed by atoms with Crippen LogP contribution >= 0.6 is 0 Å². The Bertz CT molecular complexity index is 543. The van der Waals surface area contributed by atoms with Gasteiger partial charge in [0.15, 0.2) is 5.82 Å². The summed E-state index contributed by atoms with van der Waals surface area (Å²) >= 11 is 0. The highest BCUT2D eigenvalue weighted by Gasteiger charge is 2.21. The van der Waals surface area contributed by atoms with Gasteiger partial charge < -0.3 is 9.84 Å². The molecule has 1 aliphatic heterocycles. The van der Waals surface area contributed by atoms with E-state index in [2.05, 4.69) is 9.97 Å². The van der Waals surface area contributed by atoms with Crippen LogP contribution in [0.2, 0.25) is 0 Å². The zero-order valence-corrected chi connectivity index (χ0v) is 9.91. The molecule has 0 fully saturated rings. The van der Waals surface area contributed by atoms with E-state index in [0.29, 0.717) is 12.4 Å². The van der Waals surface area contributed by atoms with E-state index in [4.69, 9.17) is 4.74 Å². The van der Waals surface area contributed by atoms with Crippen molar-refractivity contribution in [2.45, 2.75) is 18.9 Å². The Labute approximate surface area is 105 Å². The second kappa shape index (κ2) is 4.74. The smallest absolute Gasteiger partial charge is 0.161 e. The molecule has 0 saturated heterocycles. The highest BCUT2D eigenvalue weighted by molar-refractivity contribution is 5.45. The minimum atomic E-state index is -0.834. The Morgan fingerprint density at radius 1 is 1.17 bits per heavy atom. The fraction of sp³-hybridized carbons (Fsp3) is 0.286. The quantitative estimate of drug-likeness (QED) is 0.873. The van der Waals surface area contributed by atoms with Crippen LogP contribution in [0.1, 0.15) is 29.5 Å². The number of nitrogens with zero attached hydrogens (tertiary/aromatic N) is 2. The molecule has 2 heterocycles. The molecule has 0 aliphatic carbocycles. The number of aliphatic hydroxyl groups is 1. The molecule has 1 unspecified atom stereocenters. The van der Waals surface area contributed by atoms with Gasteiger partial charge in [0.25, 0.3) is 0 Å². The molecule has 4 heteroatoms. The van der Waals surface area contributed by atoms with Crippen LogP contribution in [0.15, 0.2) is 36.7 Å². The summed E-state index contributed by atoms with van der Waals surface area (Å²) in [5, 5.41) is 10.3. The lowest BCUT2D eigenvalue weighted by atomic mass is 9.99. The summed E-state index contributed by atoms with van der Waals surface area (Å²) in [5.41, 5.74) is 1.90.